The van der Waals surface area contributed by atoms with Gasteiger partial charge in [0.15, 0.2) is 0 Å². The van der Waals surface area contributed by atoms with Gasteiger partial charge in [0, 0.05) is 10.3 Å². The Hall–Kier alpha value is -2.56. The molecule has 0 aliphatic heterocycles. The molecule has 0 saturated carbocycles. The summed E-state index contributed by atoms with van der Waals surface area (Å²) in [6.45, 7) is 0. The van der Waals surface area contributed by atoms with Gasteiger partial charge in [-0.2, -0.15) is 0 Å². The predicted octanol–water partition coefficient (Wildman–Crippen LogP) is 4.44. The first-order chi connectivity index (χ1) is 11.3. The van der Waals surface area contributed by atoms with Crippen molar-refractivity contribution in [2.24, 2.45) is 0 Å². The average molecular weight is 318 g/mol. The number of hydrogen-bond acceptors (Lipinski definition) is 4. The molecule has 0 spiro atoms. The van der Waals surface area contributed by atoms with Crippen molar-refractivity contribution in [1.82, 2.24) is 9.97 Å². The molecule has 3 nitrogen and oxygen atoms in total. The maximum atomic E-state index is 10.7. The van der Waals surface area contributed by atoms with Crippen LogP contribution in [-0.2, 0) is 0 Å². The molecule has 4 aromatic rings. The minimum Gasteiger partial charge on any atom is -0.382 e. The fourth-order valence-corrected chi connectivity index (χ4v) is 3.64. The van der Waals surface area contributed by atoms with Crippen molar-refractivity contribution in [3.63, 3.8) is 0 Å². The molecule has 1 atom stereocenters. The number of nitrogens with zero attached hydrogens (tertiary/aromatic N) is 2. The molecule has 0 aliphatic rings. The summed E-state index contributed by atoms with van der Waals surface area (Å²) in [6.07, 6.45) is 0.773. The Morgan fingerprint density at radius 2 is 1.57 bits per heavy atom. The van der Waals surface area contributed by atoms with Crippen LogP contribution in [-0.4, -0.2) is 15.1 Å². The van der Waals surface area contributed by atoms with Gasteiger partial charge in [0.25, 0.3) is 0 Å². The van der Waals surface area contributed by atoms with E-state index in [4.69, 9.17) is 0 Å². The quantitative estimate of drug-likeness (QED) is 0.607. The van der Waals surface area contributed by atoms with E-state index in [0.29, 0.717) is 5.69 Å². The Balaban J connectivity index is 1.84. The van der Waals surface area contributed by atoms with Crippen molar-refractivity contribution in [3.05, 3.63) is 84.3 Å². The van der Waals surface area contributed by atoms with Crippen LogP contribution in [0.15, 0.2) is 73.1 Å². The Kier molecular flexibility index (Phi) is 3.61. The van der Waals surface area contributed by atoms with E-state index in [9.17, 15) is 5.11 Å². The van der Waals surface area contributed by atoms with Crippen LogP contribution in [0.5, 0.6) is 0 Å². The van der Waals surface area contributed by atoms with Gasteiger partial charge in [-0.1, -0.05) is 60.7 Å². The van der Waals surface area contributed by atoms with Gasteiger partial charge in [-0.3, -0.25) is 0 Å². The van der Waals surface area contributed by atoms with Crippen LogP contribution in [0.25, 0.3) is 20.7 Å². The summed E-state index contributed by atoms with van der Waals surface area (Å²) in [4.78, 5) is 10.7. The van der Waals surface area contributed by atoms with E-state index in [2.05, 4.69) is 28.2 Å². The smallest absolute Gasteiger partial charge is 0.127 e. The maximum absolute atomic E-state index is 10.7. The topological polar surface area (TPSA) is 46.0 Å². The highest BCUT2D eigenvalue weighted by Gasteiger charge is 2.17. The molecule has 0 bridgehead atoms. The third-order valence-electron chi connectivity index (χ3n) is 3.79. The molecule has 0 aliphatic carbocycles. The van der Waals surface area contributed by atoms with E-state index in [-0.39, 0.29) is 0 Å². The Morgan fingerprint density at radius 1 is 0.870 bits per heavy atom. The standard InChI is InChI=1S/C19H14N2OS/c22-18(14-9-5-2-6-10-14)17-15-11-16(13-7-3-1-4-8-13)23-19(15)21-12-20-17/h1-12,18,22H. The normalized spacial score (nSPS) is 12.4. The Labute approximate surface area is 137 Å². The fraction of sp³-hybridized carbons (Fsp3) is 0.0526. The molecule has 0 amide bonds. The zero-order chi connectivity index (χ0) is 15.6. The number of rotatable bonds is 3. The first kappa shape index (κ1) is 14.1. The Bertz CT molecular complexity index is 935. The Morgan fingerprint density at radius 3 is 2.30 bits per heavy atom. The number of aromatic nitrogens is 2. The number of benzene rings is 2. The molecule has 23 heavy (non-hydrogen) atoms. The molecule has 0 radical (unpaired) electrons. The highest BCUT2D eigenvalue weighted by molar-refractivity contribution is 7.21. The molecule has 1 unspecified atom stereocenters. The average Bonchev–Trinajstić information content (AvgIpc) is 3.07. The summed E-state index contributed by atoms with van der Waals surface area (Å²) in [5.41, 5.74) is 2.63. The van der Waals surface area contributed by atoms with Crippen LogP contribution in [0, 0.1) is 0 Å². The van der Waals surface area contributed by atoms with Crippen LogP contribution in [0.2, 0.25) is 0 Å². The first-order valence-corrected chi connectivity index (χ1v) is 8.17. The monoisotopic (exact) mass is 318 g/mol. The van der Waals surface area contributed by atoms with E-state index in [1.807, 2.05) is 48.5 Å². The van der Waals surface area contributed by atoms with Gasteiger partial charge in [0.1, 0.15) is 17.3 Å². The molecule has 2 aromatic carbocycles. The lowest BCUT2D eigenvalue weighted by Gasteiger charge is -2.10. The van der Waals surface area contributed by atoms with Crippen LogP contribution in [0.4, 0.5) is 0 Å². The zero-order valence-electron chi connectivity index (χ0n) is 12.3. The summed E-state index contributed by atoms with van der Waals surface area (Å²) >= 11 is 1.61. The third kappa shape index (κ3) is 2.63. The number of aliphatic hydroxyl groups is 1. The number of thiophene rings is 1. The summed E-state index contributed by atoms with van der Waals surface area (Å²) in [6, 6.07) is 21.8. The minimum absolute atomic E-state index is 0.652. The largest absolute Gasteiger partial charge is 0.382 e. The van der Waals surface area contributed by atoms with E-state index in [1.54, 1.807) is 11.3 Å². The molecule has 112 valence electrons. The van der Waals surface area contributed by atoms with Crippen LogP contribution in [0.1, 0.15) is 17.4 Å². The second-order valence-corrected chi connectivity index (χ2v) is 6.30. The highest BCUT2D eigenvalue weighted by Crippen LogP contribution is 2.35. The summed E-state index contributed by atoms with van der Waals surface area (Å²) < 4.78 is 0. The van der Waals surface area contributed by atoms with Crippen molar-refractivity contribution in [2.45, 2.75) is 6.10 Å². The highest BCUT2D eigenvalue weighted by atomic mass is 32.1. The molecule has 0 fully saturated rings. The van der Waals surface area contributed by atoms with Gasteiger partial charge in [0.2, 0.25) is 0 Å². The van der Waals surface area contributed by atoms with Crippen molar-refractivity contribution in [3.8, 4) is 10.4 Å². The summed E-state index contributed by atoms with van der Waals surface area (Å²) in [7, 11) is 0. The fourth-order valence-electron chi connectivity index (χ4n) is 2.63. The molecular weight excluding hydrogens is 304 g/mol. The van der Waals surface area contributed by atoms with E-state index in [1.165, 1.54) is 6.33 Å². The SMILES string of the molecule is OC(c1ccccc1)c1ncnc2sc(-c3ccccc3)cc12. The van der Waals surface area contributed by atoms with Crippen LogP contribution < -0.4 is 0 Å². The molecule has 2 aromatic heterocycles. The first-order valence-electron chi connectivity index (χ1n) is 7.36. The van der Waals surface area contributed by atoms with Gasteiger partial charge in [-0.05, 0) is 17.2 Å². The predicted molar refractivity (Wildman–Crippen MR) is 93.4 cm³/mol. The second-order valence-electron chi connectivity index (χ2n) is 5.27. The number of hydrogen-bond donors (Lipinski definition) is 1. The third-order valence-corrected chi connectivity index (χ3v) is 4.88. The molecular formula is C19H14N2OS. The van der Waals surface area contributed by atoms with Gasteiger partial charge in [-0.25, -0.2) is 9.97 Å². The summed E-state index contributed by atoms with van der Waals surface area (Å²) in [5.74, 6) is 0. The maximum Gasteiger partial charge on any atom is 0.127 e. The van der Waals surface area contributed by atoms with Crippen molar-refractivity contribution >= 4 is 21.6 Å². The van der Waals surface area contributed by atoms with Crippen molar-refractivity contribution < 1.29 is 5.11 Å². The van der Waals surface area contributed by atoms with E-state index < -0.39 is 6.10 Å². The van der Waals surface area contributed by atoms with Gasteiger partial charge >= 0.3 is 0 Å². The lowest BCUT2D eigenvalue weighted by Crippen LogP contribution is -2.02. The zero-order valence-corrected chi connectivity index (χ0v) is 13.1. The second kappa shape index (κ2) is 5.91. The van der Waals surface area contributed by atoms with Gasteiger partial charge in [0.05, 0.1) is 5.69 Å². The molecule has 4 rings (SSSR count). The number of aliphatic hydroxyl groups excluding tert-OH is 1. The minimum atomic E-state index is -0.750. The van der Waals surface area contributed by atoms with Gasteiger partial charge in [-0.15, -0.1) is 11.3 Å². The van der Waals surface area contributed by atoms with Crippen molar-refractivity contribution in [1.29, 1.82) is 0 Å². The van der Waals surface area contributed by atoms with E-state index in [0.717, 1.165) is 26.2 Å². The molecule has 4 heteroatoms. The molecule has 0 saturated heterocycles. The van der Waals surface area contributed by atoms with Crippen molar-refractivity contribution in [2.75, 3.05) is 0 Å². The lowest BCUT2D eigenvalue weighted by atomic mass is 10.0. The summed E-state index contributed by atoms with van der Waals surface area (Å²) in [5, 5.41) is 11.6. The molecule has 2 heterocycles. The van der Waals surface area contributed by atoms with Crippen LogP contribution in [0.3, 0.4) is 0 Å². The van der Waals surface area contributed by atoms with Gasteiger partial charge < -0.3 is 5.11 Å². The van der Waals surface area contributed by atoms with Crippen LogP contribution >= 0.6 is 11.3 Å². The van der Waals surface area contributed by atoms with E-state index >= 15 is 0 Å². The molecule has 1 N–H and O–H groups in total. The lowest BCUT2D eigenvalue weighted by molar-refractivity contribution is 0.217. The number of fused-ring (bicyclic) bond motifs is 1.